The molecule has 0 amide bonds. The van der Waals surface area contributed by atoms with E-state index in [4.69, 9.17) is 4.74 Å². The summed E-state index contributed by atoms with van der Waals surface area (Å²) in [5.74, 6) is 1.45. The Hall–Kier alpha value is -4.50. The van der Waals surface area contributed by atoms with Gasteiger partial charge in [0.25, 0.3) is 5.56 Å². The molecule has 3 heterocycles. The minimum atomic E-state index is -0.399. The van der Waals surface area contributed by atoms with Crippen LogP contribution < -0.4 is 15.2 Å². The second-order valence-corrected chi connectivity index (χ2v) is 10.1. The van der Waals surface area contributed by atoms with Crippen LogP contribution in [0.2, 0.25) is 0 Å². The first kappa shape index (κ1) is 25.8. The second-order valence-electron chi connectivity index (χ2n) is 10.1. The van der Waals surface area contributed by atoms with Crippen LogP contribution in [0.25, 0.3) is 10.9 Å². The van der Waals surface area contributed by atoms with Crippen molar-refractivity contribution < 1.29 is 4.74 Å². The molecular formula is C31H33N7O2. The molecule has 9 nitrogen and oxygen atoms in total. The number of methoxy groups -OCH3 is 1. The summed E-state index contributed by atoms with van der Waals surface area (Å²) in [7, 11) is 1.65. The van der Waals surface area contributed by atoms with Crippen LogP contribution in [0.4, 0.5) is 5.69 Å². The van der Waals surface area contributed by atoms with E-state index in [-0.39, 0.29) is 5.56 Å². The number of rotatable bonds is 8. The number of fused-ring (bicyclic) bond motifs is 1. The molecule has 1 aliphatic heterocycles. The number of tetrazole rings is 1. The van der Waals surface area contributed by atoms with Gasteiger partial charge in [0.15, 0.2) is 5.82 Å². The Balaban J connectivity index is 1.38. The van der Waals surface area contributed by atoms with E-state index in [0.29, 0.717) is 17.9 Å². The maximum atomic E-state index is 13.6. The minimum Gasteiger partial charge on any atom is -0.497 e. The number of hydrogen-bond acceptors (Lipinski definition) is 7. The molecule has 1 N–H and O–H groups in total. The third kappa shape index (κ3) is 5.20. The number of para-hydroxylation sites is 1. The lowest BCUT2D eigenvalue weighted by atomic mass is 10.0. The van der Waals surface area contributed by atoms with Gasteiger partial charge < -0.3 is 14.6 Å². The highest BCUT2D eigenvalue weighted by Crippen LogP contribution is 2.29. The van der Waals surface area contributed by atoms with E-state index in [2.05, 4.69) is 73.6 Å². The lowest BCUT2D eigenvalue weighted by Gasteiger charge is -2.39. The van der Waals surface area contributed by atoms with Crippen LogP contribution in [-0.4, -0.2) is 63.4 Å². The largest absolute Gasteiger partial charge is 0.497 e. The molecule has 0 aliphatic carbocycles. The van der Waals surface area contributed by atoms with Gasteiger partial charge in [0.2, 0.25) is 0 Å². The fourth-order valence-electron chi connectivity index (χ4n) is 5.50. The molecule has 0 unspecified atom stereocenters. The molecule has 1 saturated heterocycles. The Kier molecular flexibility index (Phi) is 7.29. The summed E-state index contributed by atoms with van der Waals surface area (Å²) in [4.78, 5) is 21.4. The van der Waals surface area contributed by atoms with Gasteiger partial charge in [-0.2, -0.15) is 0 Å². The van der Waals surface area contributed by atoms with Crippen LogP contribution in [0, 0.1) is 0 Å². The zero-order valence-electron chi connectivity index (χ0n) is 22.8. The molecule has 6 rings (SSSR count). The summed E-state index contributed by atoms with van der Waals surface area (Å²) < 4.78 is 7.12. The molecule has 40 heavy (non-hydrogen) atoms. The van der Waals surface area contributed by atoms with Gasteiger partial charge in [-0.25, -0.2) is 4.68 Å². The third-order valence-electron chi connectivity index (χ3n) is 7.74. The lowest BCUT2D eigenvalue weighted by Crippen LogP contribution is -2.49. The van der Waals surface area contributed by atoms with E-state index in [1.165, 1.54) is 11.3 Å². The number of pyridine rings is 1. The zero-order chi connectivity index (χ0) is 27.5. The quantitative estimate of drug-likeness (QED) is 0.321. The van der Waals surface area contributed by atoms with Crippen LogP contribution in [0.5, 0.6) is 5.75 Å². The fourth-order valence-corrected chi connectivity index (χ4v) is 5.50. The zero-order valence-corrected chi connectivity index (χ0v) is 22.8. The van der Waals surface area contributed by atoms with E-state index in [0.717, 1.165) is 54.8 Å². The van der Waals surface area contributed by atoms with E-state index in [1.54, 1.807) is 7.11 Å². The van der Waals surface area contributed by atoms with Gasteiger partial charge in [-0.15, -0.1) is 5.10 Å². The molecular weight excluding hydrogens is 502 g/mol. The van der Waals surface area contributed by atoms with Crippen LogP contribution in [0.15, 0.2) is 83.7 Å². The van der Waals surface area contributed by atoms with E-state index < -0.39 is 6.04 Å². The summed E-state index contributed by atoms with van der Waals surface area (Å²) in [6.07, 6.45) is 0.926. The topological polar surface area (TPSA) is 92.2 Å². The molecule has 9 heteroatoms. The van der Waals surface area contributed by atoms with Gasteiger partial charge >= 0.3 is 0 Å². The number of piperazine rings is 1. The van der Waals surface area contributed by atoms with Crippen molar-refractivity contribution >= 4 is 16.6 Å². The fraction of sp³-hybridized carbons (Fsp3) is 0.290. The number of nitrogens with zero attached hydrogens (tertiary/aromatic N) is 6. The summed E-state index contributed by atoms with van der Waals surface area (Å²) in [5.41, 5.74) is 4.84. The maximum absolute atomic E-state index is 13.6. The normalized spacial score (nSPS) is 14.9. The number of benzene rings is 3. The Morgan fingerprint density at radius 3 is 2.40 bits per heavy atom. The van der Waals surface area contributed by atoms with Crippen molar-refractivity contribution in [3.8, 4) is 5.75 Å². The molecule has 1 fully saturated rings. The molecule has 1 aliphatic rings. The van der Waals surface area contributed by atoms with Crippen molar-refractivity contribution in [2.24, 2.45) is 0 Å². The van der Waals surface area contributed by atoms with Crippen molar-refractivity contribution in [3.05, 3.63) is 112 Å². The second kappa shape index (κ2) is 11.3. The van der Waals surface area contributed by atoms with Gasteiger partial charge in [-0.3, -0.25) is 9.69 Å². The van der Waals surface area contributed by atoms with Crippen molar-refractivity contribution in [2.45, 2.75) is 25.9 Å². The van der Waals surface area contributed by atoms with E-state index >= 15 is 0 Å². The van der Waals surface area contributed by atoms with Crippen molar-refractivity contribution in [1.82, 2.24) is 30.1 Å². The van der Waals surface area contributed by atoms with Crippen LogP contribution in [-0.2, 0) is 13.0 Å². The molecule has 5 aromatic rings. The van der Waals surface area contributed by atoms with Gasteiger partial charge in [-0.05, 0) is 75.8 Å². The molecule has 2 aromatic heterocycles. The van der Waals surface area contributed by atoms with Gasteiger partial charge in [-0.1, -0.05) is 43.3 Å². The summed E-state index contributed by atoms with van der Waals surface area (Å²) in [6, 6.07) is 26.1. The minimum absolute atomic E-state index is 0.119. The predicted octanol–water partition coefficient (Wildman–Crippen LogP) is 4.05. The molecule has 0 spiro atoms. The number of aryl methyl sites for hydroxylation is 1. The van der Waals surface area contributed by atoms with E-state index in [1.807, 2.05) is 47.1 Å². The van der Waals surface area contributed by atoms with Gasteiger partial charge in [0.05, 0.1) is 13.7 Å². The highest BCUT2D eigenvalue weighted by atomic mass is 16.5. The molecule has 0 saturated carbocycles. The highest BCUT2D eigenvalue weighted by molar-refractivity contribution is 5.80. The van der Waals surface area contributed by atoms with Crippen molar-refractivity contribution in [2.75, 3.05) is 38.2 Å². The number of anilines is 1. The number of ether oxygens (including phenoxy) is 1. The van der Waals surface area contributed by atoms with Gasteiger partial charge in [0.1, 0.15) is 11.8 Å². The lowest BCUT2D eigenvalue weighted by molar-refractivity contribution is 0.200. The molecule has 204 valence electrons. The highest BCUT2D eigenvalue weighted by Gasteiger charge is 2.32. The van der Waals surface area contributed by atoms with Crippen LogP contribution in [0.3, 0.4) is 0 Å². The van der Waals surface area contributed by atoms with Crippen LogP contribution in [0.1, 0.15) is 35.5 Å². The van der Waals surface area contributed by atoms with Gasteiger partial charge in [0, 0.05) is 42.9 Å². The van der Waals surface area contributed by atoms with Crippen molar-refractivity contribution in [3.63, 3.8) is 0 Å². The van der Waals surface area contributed by atoms with Crippen LogP contribution >= 0.6 is 0 Å². The Labute approximate surface area is 233 Å². The van der Waals surface area contributed by atoms with Crippen molar-refractivity contribution in [1.29, 1.82) is 0 Å². The SMILES string of the molecule is CCc1ccc2[nH]c(=O)c([C@H](c3nnnn3Cc3ccc(OC)cc3)N3CCN(c4ccccc4)CC3)cc2c1. The standard InChI is InChI=1S/C31H33N7O2/c1-3-22-11-14-28-24(19-22)20-27(31(39)32-28)29(37-17-15-36(16-18-37)25-7-5-4-6-8-25)30-33-34-35-38(30)21-23-9-12-26(40-2)13-10-23/h4-14,19-20,29H,3,15-18,21H2,1-2H3,(H,32,39)/t29-/m1/s1. The number of aromatic nitrogens is 5. The Morgan fingerprint density at radius 2 is 1.68 bits per heavy atom. The smallest absolute Gasteiger partial charge is 0.253 e. The molecule has 0 radical (unpaired) electrons. The summed E-state index contributed by atoms with van der Waals surface area (Å²) >= 11 is 0. The number of nitrogens with one attached hydrogen (secondary N) is 1. The first-order valence-corrected chi connectivity index (χ1v) is 13.7. The first-order valence-electron chi connectivity index (χ1n) is 13.7. The Morgan fingerprint density at radius 1 is 0.925 bits per heavy atom. The Bertz CT molecular complexity index is 1640. The maximum Gasteiger partial charge on any atom is 0.253 e. The molecule has 0 bridgehead atoms. The first-order chi connectivity index (χ1) is 19.6. The number of H-pyrrole nitrogens is 1. The molecule has 3 aromatic carbocycles. The van der Waals surface area contributed by atoms with E-state index in [9.17, 15) is 4.79 Å². The number of aromatic amines is 1. The predicted molar refractivity (Wildman–Crippen MR) is 156 cm³/mol. The summed E-state index contributed by atoms with van der Waals surface area (Å²) in [5, 5.41) is 13.9. The number of hydrogen-bond donors (Lipinski definition) is 1. The third-order valence-corrected chi connectivity index (χ3v) is 7.74. The summed E-state index contributed by atoms with van der Waals surface area (Å²) in [6.45, 7) is 5.83. The molecule has 1 atom stereocenters. The average molecular weight is 536 g/mol. The average Bonchev–Trinajstić information content (AvgIpc) is 3.46. The monoisotopic (exact) mass is 535 g/mol.